The number of carbonyl (C=O) groups is 3. The van der Waals surface area contributed by atoms with Gasteiger partial charge in [0.2, 0.25) is 0 Å². The Bertz CT molecular complexity index is 1370. The van der Waals surface area contributed by atoms with E-state index >= 15 is 0 Å². The third kappa shape index (κ3) is 4.76. The van der Waals surface area contributed by atoms with Crippen molar-refractivity contribution in [3.05, 3.63) is 70.9 Å². The number of methoxy groups -OCH3 is 1. The summed E-state index contributed by atoms with van der Waals surface area (Å²) in [6.45, 7) is 10.00. The van der Waals surface area contributed by atoms with Crippen molar-refractivity contribution in [1.29, 1.82) is 0 Å². The number of ether oxygens (including phenoxy) is 1. The van der Waals surface area contributed by atoms with Crippen LogP contribution >= 0.6 is 0 Å². The Kier molecular flexibility index (Phi) is 7.06. The molecular formula is C29H34N4O5. The molecule has 1 aromatic heterocycles. The first-order chi connectivity index (χ1) is 17.9. The van der Waals surface area contributed by atoms with Crippen LogP contribution in [0.3, 0.4) is 0 Å². The summed E-state index contributed by atoms with van der Waals surface area (Å²) in [5.74, 6) is -1.14. The van der Waals surface area contributed by atoms with Crippen LogP contribution in [0.15, 0.2) is 48.7 Å². The molecule has 0 saturated carbocycles. The van der Waals surface area contributed by atoms with E-state index in [4.69, 9.17) is 4.74 Å². The summed E-state index contributed by atoms with van der Waals surface area (Å²) in [7, 11) is 1.55. The summed E-state index contributed by atoms with van der Waals surface area (Å²) in [5, 5.41) is 19.9. The smallest absolute Gasteiger partial charge is 0.330 e. The third-order valence-electron chi connectivity index (χ3n) is 6.88. The highest BCUT2D eigenvalue weighted by atomic mass is 16.5. The Hall–Kier alpha value is -4.14. The van der Waals surface area contributed by atoms with Crippen LogP contribution in [0, 0.1) is 5.92 Å². The van der Waals surface area contributed by atoms with E-state index < -0.39 is 23.3 Å². The van der Waals surface area contributed by atoms with Gasteiger partial charge in [0.15, 0.2) is 5.82 Å². The maximum atomic E-state index is 14.2. The van der Waals surface area contributed by atoms with Crippen molar-refractivity contribution in [1.82, 2.24) is 10.2 Å². The minimum absolute atomic E-state index is 0.00293. The van der Waals surface area contributed by atoms with Crippen LogP contribution < -0.4 is 15.0 Å². The SMILES string of the molecule is COc1cc(C(=O)N2c3cccc(C(=O)Nc4cc[nH]n4)c3CC2(CC(C)C)C(=O)O)ccc1C(C)(C)C. The van der Waals surface area contributed by atoms with Crippen molar-refractivity contribution in [2.75, 3.05) is 17.3 Å². The molecule has 200 valence electrons. The van der Waals surface area contributed by atoms with Crippen molar-refractivity contribution in [3.8, 4) is 5.75 Å². The number of nitrogens with zero attached hydrogens (tertiary/aromatic N) is 2. The molecule has 1 aliphatic rings. The molecule has 1 unspecified atom stereocenters. The number of carboxylic acids is 1. The molecule has 3 aromatic rings. The molecule has 2 heterocycles. The van der Waals surface area contributed by atoms with Gasteiger partial charge in [-0.3, -0.25) is 19.6 Å². The van der Waals surface area contributed by atoms with Crippen LogP contribution in [0.2, 0.25) is 0 Å². The number of nitrogens with one attached hydrogen (secondary N) is 2. The molecule has 9 heteroatoms. The normalized spacial score (nSPS) is 16.9. The van der Waals surface area contributed by atoms with E-state index in [0.717, 1.165) is 5.56 Å². The van der Waals surface area contributed by atoms with E-state index in [1.165, 1.54) is 4.90 Å². The Balaban J connectivity index is 1.86. The number of fused-ring (bicyclic) bond motifs is 1. The molecule has 2 amide bonds. The van der Waals surface area contributed by atoms with E-state index in [0.29, 0.717) is 33.9 Å². The van der Waals surface area contributed by atoms with Crippen LogP contribution in [-0.2, 0) is 16.6 Å². The van der Waals surface area contributed by atoms with E-state index in [1.54, 1.807) is 49.7 Å². The van der Waals surface area contributed by atoms with Gasteiger partial charge in [0, 0.05) is 35.5 Å². The van der Waals surface area contributed by atoms with Crippen molar-refractivity contribution >= 4 is 29.3 Å². The Labute approximate surface area is 222 Å². The predicted molar refractivity (Wildman–Crippen MR) is 145 cm³/mol. The van der Waals surface area contributed by atoms with E-state index in [9.17, 15) is 19.5 Å². The maximum Gasteiger partial charge on any atom is 0.330 e. The molecule has 1 aliphatic heterocycles. The number of benzene rings is 2. The summed E-state index contributed by atoms with van der Waals surface area (Å²) >= 11 is 0. The topological polar surface area (TPSA) is 125 Å². The van der Waals surface area contributed by atoms with Gasteiger partial charge in [0.05, 0.1) is 7.11 Å². The molecule has 38 heavy (non-hydrogen) atoms. The molecule has 0 bridgehead atoms. The zero-order valence-corrected chi connectivity index (χ0v) is 22.6. The second kappa shape index (κ2) is 9.96. The van der Waals surface area contributed by atoms with Gasteiger partial charge in [-0.25, -0.2) is 4.79 Å². The van der Waals surface area contributed by atoms with Gasteiger partial charge < -0.3 is 15.2 Å². The van der Waals surface area contributed by atoms with E-state index in [-0.39, 0.29) is 24.2 Å². The molecule has 0 fully saturated rings. The van der Waals surface area contributed by atoms with Crippen molar-refractivity contribution in [2.24, 2.45) is 5.92 Å². The predicted octanol–water partition coefficient (Wildman–Crippen LogP) is 5.04. The number of hydrogen-bond acceptors (Lipinski definition) is 5. The van der Waals surface area contributed by atoms with Gasteiger partial charge in [0.25, 0.3) is 11.8 Å². The zero-order chi connectivity index (χ0) is 27.8. The molecule has 4 rings (SSSR count). The van der Waals surface area contributed by atoms with E-state index in [1.807, 2.05) is 19.9 Å². The van der Waals surface area contributed by atoms with Crippen molar-refractivity contribution < 1.29 is 24.2 Å². The first kappa shape index (κ1) is 26.9. The number of rotatable bonds is 7. The molecule has 3 N–H and O–H groups in total. The average molecular weight is 519 g/mol. The van der Waals surface area contributed by atoms with Gasteiger partial charge >= 0.3 is 5.97 Å². The Morgan fingerprint density at radius 1 is 1.18 bits per heavy atom. The van der Waals surface area contributed by atoms with Crippen LogP contribution in [0.4, 0.5) is 11.5 Å². The number of aliphatic carboxylic acids is 1. The Morgan fingerprint density at radius 2 is 1.92 bits per heavy atom. The lowest BCUT2D eigenvalue weighted by Gasteiger charge is -2.36. The molecule has 0 radical (unpaired) electrons. The number of anilines is 2. The van der Waals surface area contributed by atoms with Gasteiger partial charge in [-0.2, -0.15) is 5.10 Å². The van der Waals surface area contributed by atoms with Crippen molar-refractivity contribution in [3.63, 3.8) is 0 Å². The lowest BCUT2D eigenvalue weighted by molar-refractivity contribution is -0.143. The number of carbonyl (C=O) groups excluding carboxylic acids is 2. The first-order valence-electron chi connectivity index (χ1n) is 12.6. The second-order valence-corrected chi connectivity index (χ2v) is 11.1. The summed E-state index contributed by atoms with van der Waals surface area (Å²) < 4.78 is 5.61. The standard InChI is InChI=1S/C29H34N4O5/c1-17(2)15-29(27(36)37)16-20-19(25(34)31-24-12-13-30-32-24)8-7-9-22(20)33(29)26(35)18-10-11-21(28(3,4)5)23(14-18)38-6/h7-14,17H,15-16H2,1-6H3,(H,36,37)(H2,30,31,32,34). The first-order valence-corrected chi connectivity index (χ1v) is 12.6. The molecule has 0 saturated heterocycles. The van der Waals surface area contributed by atoms with E-state index in [2.05, 4.69) is 36.3 Å². The lowest BCUT2D eigenvalue weighted by Crippen LogP contribution is -2.56. The highest BCUT2D eigenvalue weighted by molar-refractivity contribution is 6.15. The fourth-order valence-corrected chi connectivity index (χ4v) is 5.27. The molecule has 2 aromatic carbocycles. The average Bonchev–Trinajstić information content (AvgIpc) is 3.47. The number of aromatic nitrogens is 2. The molecule has 9 nitrogen and oxygen atoms in total. The largest absolute Gasteiger partial charge is 0.496 e. The summed E-state index contributed by atoms with van der Waals surface area (Å²) in [6, 6.07) is 11.8. The number of carboxylic acid groups (broad SMARTS) is 1. The Morgan fingerprint density at radius 3 is 2.50 bits per heavy atom. The van der Waals surface area contributed by atoms with Crippen LogP contribution in [0.5, 0.6) is 5.75 Å². The maximum absolute atomic E-state index is 14.2. The van der Waals surface area contributed by atoms with Crippen LogP contribution in [-0.4, -0.2) is 45.7 Å². The van der Waals surface area contributed by atoms with Gasteiger partial charge in [-0.15, -0.1) is 0 Å². The quantitative estimate of drug-likeness (QED) is 0.402. The number of hydrogen-bond donors (Lipinski definition) is 3. The fourth-order valence-electron chi connectivity index (χ4n) is 5.27. The molecular weight excluding hydrogens is 484 g/mol. The second-order valence-electron chi connectivity index (χ2n) is 11.1. The highest BCUT2D eigenvalue weighted by Crippen LogP contribution is 2.45. The lowest BCUT2D eigenvalue weighted by atomic mass is 9.83. The number of H-pyrrole nitrogens is 1. The molecule has 1 atom stereocenters. The third-order valence-corrected chi connectivity index (χ3v) is 6.88. The molecule has 0 aliphatic carbocycles. The van der Waals surface area contributed by atoms with Crippen LogP contribution in [0.1, 0.15) is 72.9 Å². The van der Waals surface area contributed by atoms with Gasteiger partial charge in [-0.1, -0.05) is 46.8 Å². The highest BCUT2D eigenvalue weighted by Gasteiger charge is 2.54. The monoisotopic (exact) mass is 518 g/mol. The minimum atomic E-state index is -1.56. The number of amides is 2. The fraction of sp³-hybridized carbons (Fsp3) is 0.379. The van der Waals surface area contributed by atoms with Crippen LogP contribution in [0.25, 0.3) is 0 Å². The summed E-state index contributed by atoms with van der Waals surface area (Å²) in [5.41, 5.74) is 0.682. The summed E-state index contributed by atoms with van der Waals surface area (Å²) in [6.07, 6.45) is 1.80. The minimum Gasteiger partial charge on any atom is -0.496 e. The zero-order valence-electron chi connectivity index (χ0n) is 22.6. The summed E-state index contributed by atoms with van der Waals surface area (Å²) in [4.78, 5) is 41.7. The number of aromatic amines is 1. The van der Waals surface area contributed by atoms with Crippen molar-refractivity contribution in [2.45, 2.75) is 58.4 Å². The van der Waals surface area contributed by atoms with Gasteiger partial charge in [0.1, 0.15) is 11.3 Å². The van der Waals surface area contributed by atoms with Gasteiger partial charge in [-0.05, 0) is 53.1 Å². The molecule has 0 spiro atoms.